The van der Waals surface area contributed by atoms with Crippen molar-refractivity contribution in [2.75, 3.05) is 0 Å². The van der Waals surface area contributed by atoms with Crippen molar-refractivity contribution in [2.24, 2.45) is 0 Å². The summed E-state index contributed by atoms with van der Waals surface area (Å²) in [4.78, 5) is 10.8. The molecule has 0 spiro atoms. The number of rotatable bonds is 3. The molecule has 0 atom stereocenters. The molecule has 0 saturated carbocycles. The van der Waals surface area contributed by atoms with Crippen LogP contribution in [0.15, 0.2) is 78.9 Å². The summed E-state index contributed by atoms with van der Waals surface area (Å²) >= 11 is 0. The van der Waals surface area contributed by atoms with Crippen molar-refractivity contribution in [3.8, 4) is 11.1 Å². The zero-order valence-electron chi connectivity index (χ0n) is 21.8. The van der Waals surface area contributed by atoms with Gasteiger partial charge in [0, 0.05) is 105 Å². The van der Waals surface area contributed by atoms with Crippen molar-refractivity contribution in [2.45, 2.75) is 48.1 Å². The van der Waals surface area contributed by atoms with Gasteiger partial charge in [-0.2, -0.15) is 24.6 Å². The van der Waals surface area contributed by atoms with E-state index in [1.54, 1.807) is 0 Å². The molecule has 0 aliphatic heterocycles. The number of carbonyl (C=O) groups excluding carboxylic acids is 1. The van der Waals surface area contributed by atoms with E-state index in [1.807, 2.05) is 102 Å². The molecule has 2 N–H and O–H groups in total. The van der Waals surface area contributed by atoms with E-state index in [1.165, 1.54) is 5.56 Å². The summed E-state index contributed by atoms with van der Waals surface area (Å²) < 4.78 is 0. The van der Waals surface area contributed by atoms with Crippen LogP contribution in [0.4, 0.5) is 4.79 Å². The Morgan fingerprint density at radius 3 is 1.71 bits per heavy atom. The number of amides is 2. The Hall–Kier alpha value is 0.112. The molecule has 0 aliphatic rings. The van der Waals surface area contributed by atoms with Crippen LogP contribution in [0.3, 0.4) is 0 Å². The van der Waals surface area contributed by atoms with E-state index in [4.69, 9.17) is 0 Å². The smallest absolute Gasteiger partial charge is 0.285 e. The Balaban J connectivity index is -0.000000126. The molecule has 2 amide bonds. The first-order chi connectivity index (χ1) is 15.2. The Labute approximate surface area is 285 Å². The summed E-state index contributed by atoms with van der Waals surface area (Å²) in [5, 5.41) is 4.87. The molecular weight excluding hydrogens is 647 g/mol. The maximum atomic E-state index is 10.8. The van der Waals surface area contributed by atoms with Crippen molar-refractivity contribution in [1.29, 1.82) is 0 Å². The van der Waals surface area contributed by atoms with Crippen molar-refractivity contribution < 1.29 is 103 Å². The molecule has 3 aromatic rings. The molecule has 3 nitrogen and oxygen atoms in total. The second-order valence-corrected chi connectivity index (χ2v) is 5.32. The van der Waals surface area contributed by atoms with Crippen molar-refractivity contribution in [3.63, 3.8) is 0 Å². The summed E-state index contributed by atoms with van der Waals surface area (Å²) in [6.07, 6.45) is 0. The van der Waals surface area contributed by atoms with Gasteiger partial charge in [-0.15, -0.1) is 48.0 Å². The van der Waals surface area contributed by atoms with Gasteiger partial charge in [-0.3, -0.25) is 11.8 Å². The van der Waals surface area contributed by atoms with Crippen molar-refractivity contribution in [1.82, 2.24) is 10.6 Å². The first-order valence-electron chi connectivity index (χ1n) is 10.9. The van der Waals surface area contributed by atoms with Crippen LogP contribution in [-0.4, -0.2) is 6.03 Å². The topological polar surface area (TPSA) is 41.1 Å². The predicted octanol–water partition coefficient (Wildman–Crippen LogP) is 7.68. The standard InChI is InChI=1S/C12H9.C10H12N2O.3C2H6.3Y/c1-3-7-11(8-4-1)12-9-5-2-6-10-12;1-8-3-5-9(6-4-8)7-12-10(13)11-2;3*1-2;;;/h1-9H;3-6H,1-2,7H2,(H2,11,12,13);3*1-2H3;;;/q-1;-2;;;;;;. The monoisotopic (exact) mass is 686 g/mol. The van der Waals surface area contributed by atoms with Gasteiger partial charge in [-0.1, -0.05) is 83.0 Å². The van der Waals surface area contributed by atoms with Gasteiger partial charge in [0.2, 0.25) is 0 Å². The van der Waals surface area contributed by atoms with Crippen molar-refractivity contribution in [3.05, 3.63) is 110 Å². The molecule has 0 fully saturated rings. The van der Waals surface area contributed by atoms with Gasteiger partial charge >= 0.3 is 0 Å². The van der Waals surface area contributed by atoms with Gasteiger partial charge in [-0.05, 0) is 0 Å². The van der Waals surface area contributed by atoms with Crippen LogP contribution in [0.5, 0.6) is 0 Å². The van der Waals surface area contributed by atoms with Gasteiger partial charge in [0.05, 0.1) is 0 Å². The van der Waals surface area contributed by atoms with E-state index in [9.17, 15) is 4.79 Å². The van der Waals surface area contributed by atoms with Crippen LogP contribution >= 0.6 is 0 Å². The quantitative estimate of drug-likeness (QED) is 0.273. The zero-order chi connectivity index (χ0) is 23.9. The maximum Gasteiger partial charge on any atom is 0.285 e. The Morgan fingerprint density at radius 2 is 1.26 bits per heavy atom. The summed E-state index contributed by atoms with van der Waals surface area (Å²) in [5.41, 5.74) is 4.37. The average molecular weight is 686 g/mol. The van der Waals surface area contributed by atoms with Crippen LogP contribution in [0, 0.1) is 20.0 Å². The minimum absolute atomic E-state index is 0. The number of hydrogen-bond acceptors (Lipinski definition) is 1. The first-order valence-corrected chi connectivity index (χ1v) is 10.9. The molecule has 0 unspecified atom stereocenters. The average Bonchev–Trinajstić information content (AvgIpc) is 2.88. The minimum atomic E-state index is -0.279. The Kier molecular flexibility index (Phi) is 43.0. The fraction of sp³-hybridized carbons (Fsp3) is 0.250. The third-order valence-electron chi connectivity index (χ3n) is 3.43. The first kappa shape index (κ1) is 44.1. The van der Waals surface area contributed by atoms with Crippen molar-refractivity contribution >= 4 is 6.03 Å². The van der Waals surface area contributed by atoms with Gasteiger partial charge in [0.15, 0.2) is 0 Å². The van der Waals surface area contributed by atoms with E-state index in [0.717, 1.165) is 16.7 Å². The molecule has 0 aliphatic carbocycles. The zero-order valence-corrected chi connectivity index (χ0v) is 30.3. The molecule has 0 aromatic heterocycles. The van der Waals surface area contributed by atoms with Gasteiger partial charge in [0.1, 0.15) is 0 Å². The number of hydrogen-bond donors (Lipinski definition) is 2. The Morgan fingerprint density at radius 1 is 0.765 bits per heavy atom. The molecular formula is C28H39N2OY3-3. The fourth-order valence-electron chi connectivity index (χ4n) is 2.09. The number of urea groups is 1. The van der Waals surface area contributed by atoms with Crippen LogP contribution in [-0.2, 0) is 105 Å². The number of carbonyl (C=O) groups is 1. The molecule has 34 heavy (non-hydrogen) atoms. The summed E-state index contributed by atoms with van der Waals surface area (Å²) in [6, 6.07) is 28.8. The molecule has 3 rings (SSSR count). The van der Waals surface area contributed by atoms with Crippen LogP contribution in [0.1, 0.15) is 52.7 Å². The van der Waals surface area contributed by atoms with Gasteiger partial charge in [0.25, 0.3) is 6.03 Å². The largest absolute Gasteiger partial charge is 0.490 e. The molecule has 0 saturated heterocycles. The van der Waals surface area contributed by atoms with E-state index in [-0.39, 0.29) is 104 Å². The van der Waals surface area contributed by atoms with Crippen LogP contribution in [0.25, 0.3) is 11.1 Å². The van der Waals surface area contributed by atoms with E-state index < -0.39 is 0 Å². The van der Waals surface area contributed by atoms with E-state index >= 15 is 0 Å². The minimum Gasteiger partial charge on any atom is -0.490 e. The maximum absolute atomic E-state index is 10.8. The van der Waals surface area contributed by atoms with Crippen LogP contribution in [0.2, 0.25) is 0 Å². The molecule has 3 aromatic carbocycles. The van der Waals surface area contributed by atoms with Gasteiger partial charge in [-0.25, -0.2) is 0 Å². The molecule has 179 valence electrons. The van der Waals surface area contributed by atoms with E-state index in [0.29, 0.717) is 6.54 Å². The molecule has 0 bridgehead atoms. The fourth-order valence-corrected chi connectivity index (χ4v) is 2.09. The molecule has 3 radical (unpaired) electrons. The summed E-state index contributed by atoms with van der Waals surface area (Å²) in [6.45, 7) is 16.3. The molecule has 0 heterocycles. The normalized spacial score (nSPS) is 7.50. The second-order valence-electron chi connectivity index (χ2n) is 5.32. The predicted molar refractivity (Wildman–Crippen MR) is 136 cm³/mol. The summed E-state index contributed by atoms with van der Waals surface area (Å²) in [7, 11) is 3.24. The number of benzene rings is 3. The number of nitrogens with one attached hydrogen (secondary N) is 2. The third kappa shape index (κ3) is 22.6. The SMILES string of the molecule is CC.CC.CC.[CH2-]NC(=O)NCc1ccc([CH2-])cc1.[Y].[Y].[Y].[c-]1ccccc1-c1ccccc1. The van der Waals surface area contributed by atoms with Gasteiger partial charge < -0.3 is 10.6 Å². The second kappa shape index (κ2) is 33.1. The summed E-state index contributed by atoms with van der Waals surface area (Å²) in [5.74, 6) is 0. The van der Waals surface area contributed by atoms with E-state index in [2.05, 4.69) is 48.9 Å². The Bertz CT molecular complexity index is 731. The third-order valence-corrected chi connectivity index (χ3v) is 3.43. The molecule has 6 heteroatoms. The van der Waals surface area contributed by atoms with Crippen LogP contribution < -0.4 is 10.6 Å².